The van der Waals surface area contributed by atoms with E-state index in [2.05, 4.69) is 31.0 Å². The number of urea groups is 1. The molecule has 0 unspecified atom stereocenters. The third-order valence-corrected chi connectivity index (χ3v) is 8.20. The summed E-state index contributed by atoms with van der Waals surface area (Å²) in [6, 6.07) is 13.3. The molecule has 3 N–H and O–H groups in total. The van der Waals surface area contributed by atoms with Crippen molar-refractivity contribution in [3.63, 3.8) is 0 Å². The highest BCUT2D eigenvalue weighted by Crippen LogP contribution is 2.39. The summed E-state index contributed by atoms with van der Waals surface area (Å²) in [6.07, 6.45) is 2.16. The van der Waals surface area contributed by atoms with Crippen molar-refractivity contribution in [3.05, 3.63) is 98.7 Å². The van der Waals surface area contributed by atoms with E-state index in [1.165, 1.54) is 0 Å². The predicted molar refractivity (Wildman–Crippen MR) is 159 cm³/mol. The van der Waals surface area contributed by atoms with Gasteiger partial charge in [0, 0.05) is 47.8 Å². The number of aryl methyl sites for hydroxylation is 3. The summed E-state index contributed by atoms with van der Waals surface area (Å²) in [6.45, 7) is 9.53. The molecule has 1 aliphatic rings. The average Bonchev–Trinajstić information content (AvgIpc) is 3.28. The Bertz CT molecular complexity index is 1610. The zero-order chi connectivity index (χ0) is 29.4. The SMILES string of the molecule is CCc1cccc(CC)c1-n1nc2c(c1-c1cc(F)c(NC(N)=O)cc1F)CN(Cc1ccc(Cl)cc1C)[C@H](C)C2. The first-order valence-electron chi connectivity index (χ1n) is 13.9. The van der Waals surface area contributed by atoms with Crippen LogP contribution in [0.15, 0.2) is 48.5 Å². The number of anilines is 1. The second-order valence-electron chi connectivity index (χ2n) is 10.6. The van der Waals surface area contributed by atoms with Crippen LogP contribution >= 0.6 is 11.6 Å². The van der Waals surface area contributed by atoms with Crippen molar-refractivity contribution in [2.75, 3.05) is 5.32 Å². The normalized spacial score (nSPS) is 15.1. The van der Waals surface area contributed by atoms with Gasteiger partial charge in [0.1, 0.15) is 11.6 Å². The van der Waals surface area contributed by atoms with Gasteiger partial charge in [-0.25, -0.2) is 18.3 Å². The molecule has 1 aliphatic heterocycles. The molecule has 0 aliphatic carbocycles. The molecule has 3 aromatic carbocycles. The first-order chi connectivity index (χ1) is 19.6. The van der Waals surface area contributed by atoms with Crippen LogP contribution in [0.4, 0.5) is 19.3 Å². The Morgan fingerprint density at radius 3 is 2.41 bits per heavy atom. The van der Waals surface area contributed by atoms with Crippen molar-refractivity contribution >= 4 is 23.3 Å². The minimum atomic E-state index is -0.968. The number of fused-ring (bicyclic) bond motifs is 1. The van der Waals surface area contributed by atoms with Gasteiger partial charge in [0.25, 0.3) is 0 Å². The molecular formula is C32H34ClF2N5O. The van der Waals surface area contributed by atoms with Crippen LogP contribution in [0.3, 0.4) is 0 Å². The van der Waals surface area contributed by atoms with Gasteiger partial charge in [0.2, 0.25) is 0 Å². The predicted octanol–water partition coefficient (Wildman–Crippen LogP) is 7.34. The lowest BCUT2D eigenvalue weighted by Crippen LogP contribution is -2.37. The number of nitrogens with zero attached hydrogens (tertiary/aromatic N) is 3. The Kier molecular flexibility index (Phi) is 8.16. The number of aromatic nitrogens is 2. The Labute approximate surface area is 244 Å². The number of halogens is 3. The third-order valence-electron chi connectivity index (χ3n) is 7.96. The van der Waals surface area contributed by atoms with Crippen LogP contribution in [0.2, 0.25) is 5.02 Å². The highest BCUT2D eigenvalue weighted by molar-refractivity contribution is 6.30. The van der Waals surface area contributed by atoms with Crippen molar-refractivity contribution in [1.29, 1.82) is 0 Å². The van der Waals surface area contributed by atoms with Crippen LogP contribution in [0.1, 0.15) is 54.3 Å². The van der Waals surface area contributed by atoms with Crippen LogP contribution in [0.5, 0.6) is 0 Å². The fourth-order valence-electron chi connectivity index (χ4n) is 5.74. The van der Waals surface area contributed by atoms with E-state index in [1.54, 1.807) is 0 Å². The van der Waals surface area contributed by atoms with Gasteiger partial charge in [0.05, 0.1) is 22.8 Å². The fraction of sp³-hybridized carbons (Fsp3) is 0.312. The maximum Gasteiger partial charge on any atom is 0.316 e. The lowest BCUT2D eigenvalue weighted by Gasteiger charge is -2.33. The lowest BCUT2D eigenvalue weighted by molar-refractivity contribution is 0.174. The molecule has 9 heteroatoms. The second kappa shape index (κ2) is 11.6. The molecule has 0 bridgehead atoms. The molecule has 0 saturated heterocycles. The molecular weight excluding hydrogens is 544 g/mol. The molecule has 2 heterocycles. The molecule has 1 atom stereocenters. The van der Waals surface area contributed by atoms with E-state index in [9.17, 15) is 4.79 Å². The van der Waals surface area contributed by atoms with Crippen molar-refractivity contribution in [2.45, 2.75) is 66.1 Å². The molecule has 2 amide bonds. The van der Waals surface area contributed by atoms with Gasteiger partial charge in [-0.3, -0.25) is 4.90 Å². The topological polar surface area (TPSA) is 76.2 Å². The minimum absolute atomic E-state index is 0.0800. The van der Waals surface area contributed by atoms with Crippen LogP contribution < -0.4 is 11.1 Å². The number of amides is 2. The number of primary amides is 1. The molecule has 0 saturated carbocycles. The van der Waals surface area contributed by atoms with E-state index >= 15 is 8.78 Å². The van der Waals surface area contributed by atoms with Gasteiger partial charge in [-0.1, -0.05) is 49.7 Å². The van der Waals surface area contributed by atoms with Gasteiger partial charge < -0.3 is 11.1 Å². The van der Waals surface area contributed by atoms with Gasteiger partial charge in [-0.2, -0.15) is 5.10 Å². The van der Waals surface area contributed by atoms with Crippen molar-refractivity contribution in [2.24, 2.45) is 5.73 Å². The first kappa shape index (κ1) is 28.8. The number of carbonyl (C=O) groups excluding carboxylic acids is 1. The number of hydrogen-bond donors (Lipinski definition) is 2. The van der Waals surface area contributed by atoms with Crippen LogP contribution in [-0.4, -0.2) is 26.8 Å². The summed E-state index contributed by atoms with van der Waals surface area (Å²) in [7, 11) is 0. The molecule has 0 spiro atoms. The number of rotatable bonds is 7. The monoisotopic (exact) mass is 577 g/mol. The standard InChI is InChI=1S/C32H34ClF2N5O/c1-5-20-8-7-9-21(6-2)30(20)40-31(24-14-27(35)29(15-26(24)34)37-32(36)41)25-17-39(19(4)13-28(25)38-40)16-22-10-11-23(33)12-18(22)3/h7-12,14-15,19H,5-6,13,16-17H2,1-4H3,(H3,36,37,41)/t19-/m1/s1. The number of para-hydroxylation sites is 1. The Balaban J connectivity index is 1.70. The third kappa shape index (κ3) is 5.59. The van der Waals surface area contributed by atoms with E-state index in [0.29, 0.717) is 30.2 Å². The molecule has 0 radical (unpaired) electrons. The number of carbonyl (C=O) groups is 1. The number of nitrogens with one attached hydrogen (secondary N) is 1. The number of benzene rings is 3. The Morgan fingerprint density at radius 1 is 1.07 bits per heavy atom. The van der Waals surface area contributed by atoms with Gasteiger partial charge in [-0.05, 0) is 67.1 Å². The van der Waals surface area contributed by atoms with E-state index in [-0.39, 0.29) is 17.3 Å². The molecule has 6 nitrogen and oxygen atoms in total. The van der Waals surface area contributed by atoms with Crippen LogP contribution in [0.25, 0.3) is 16.9 Å². The quantitative estimate of drug-likeness (QED) is 0.241. The first-order valence-corrected chi connectivity index (χ1v) is 14.3. The van der Waals surface area contributed by atoms with E-state index in [4.69, 9.17) is 22.4 Å². The molecule has 214 valence electrons. The van der Waals surface area contributed by atoms with Gasteiger partial charge >= 0.3 is 6.03 Å². The molecule has 1 aromatic heterocycles. The fourth-order valence-corrected chi connectivity index (χ4v) is 5.97. The van der Waals surface area contributed by atoms with Gasteiger partial charge in [-0.15, -0.1) is 0 Å². The summed E-state index contributed by atoms with van der Waals surface area (Å²) >= 11 is 6.20. The zero-order valence-corrected chi connectivity index (χ0v) is 24.4. The smallest absolute Gasteiger partial charge is 0.316 e. The highest BCUT2D eigenvalue weighted by atomic mass is 35.5. The second-order valence-corrected chi connectivity index (χ2v) is 11.1. The van der Waals surface area contributed by atoms with E-state index in [0.717, 1.165) is 64.2 Å². The summed E-state index contributed by atoms with van der Waals surface area (Å²) < 4.78 is 32.9. The number of nitrogens with two attached hydrogens (primary N) is 1. The lowest BCUT2D eigenvalue weighted by atomic mass is 9.95. The Morgan fingerprint density at radius 2 is 1.78 bits per heavy atom. The average molecular weight is 578 g/mol. The van der Waals surface area contributed by atoms with Crippen molar-refractivity contribution in [3.8, 4) is 16.9 Å². The van der Waals surface area contributed by atoms with Crippen molar-refractivity contribution in [1.82, 2.24) is 14.7 Å². The van der Waals surface area contributed by atoms with E-state index in [1.807, 2.05) is 48.0 Å². The van der Waals surface area contributed by atoms with Crippen LogP contribution in [0, 0.1) is 18.6 Å². The summed E-state index contributed by atoms with van der Waals surface area (Å²) in [5.41, 5.74) is 12.5. The summed E-state index contributed by atoms with van der Waals surface area (Å²) in [5, 5.41) is 7.93. The Hall–Kier alpha value is -3.75. The van der Waals surface area contributed by atoms with Crippen molar-refractivity contribution < 1.29 is 13.6 Å². The van der Waals surface area contributed by atoms with Crippen LogP contribution in [-0.2, 0) is 32.4 Å². The largest absolute Gasteiger partial charge is 0.351 e. The highest BCUT2D eigenvalue weighted by Gasteiger charge is 2.32. The maximum atomic E-state index is 15.9. The minimum Gasteiger partial charge on any atom is -0.351 e. The van der Waals surface area contributed by atoms with E-state index < -0.39 is 17.7 Å². The molecule has 41 heavy (non-hydrogen) atoms. The van der Waals surface area contributed by atoms with Gasteiger partial charge in [0.15, 0.2) is 0 Å². The molecule has 5 rings (SSSR count). The summed E-state index contributed by atoms with van der Waals surface area (Å²) in [4.78, 5) is 13.7. The molecule has 4 aromatic rings. The number of hydrogen-bond acceptors (Lipinski definition) is 3. The molecule has 0 fully saturated rings. The summed E-state index contributed by atoms with van der Waals surface area (Å²) in [5.74, 6) is -1.45. The zero-order valence-electron chi connectivity index (χ0n) is 23.7. The maximum absolute atomic E-state index is 15.9.